The van der Waals surface area contributed by atoms with Crippen molar-refractivity contribution in [2.45, 2.75) is 32.7 Å². The maximum atomic E-state index is 10.8. The van der Waals surface area contributed by atoms with Crippen molar-refractivity contribution in [3.8, 4) is 0 Å². The third-order valence-corrected chi connectivity index (χ3v) is 2.15. The van der Waals surface area contributed by atoms with Crippen LogP contribution in [0.2, 0.25) is 0 Å². The van der Waals surface area contributed by atoms with Crippen LogP contribution >= 0.6 is 0 Å². The van der Waals surface area contributed by atoms with Gasteiger partial charge in [-0.25, -0.2) is 0 Å². The first-order valence-corrected chi connectivity index (χ1v) is 4.31. The minimum Gasteiger partial charge on any atom is -0.300 e. The summed E-state index contributed by atoms with van der Waals surface area (Å²) in [6, 6.07) is 2.05. The van der Waals surface area contributed by atoms with E-state index in [0.29, 0.717) is 6.42 Å². The van der Waals surface area contributed by atoms with Crippen molar-refractivity contribution < 1.29 is 4.79 Å². The fourth-order valence-corrected chi connectivity index (χ4v) is 1.66. The monoisotopic (exact) mass is 164 g/mol. The lowest BCUT2D eigenvalue weighted by atomic mass is 10.2. The molecule has 0 radical (unpaired) electrons. The average Bonchev–Trinajstić information content (AvgIpc) is 2.43. The molecule has 12 heavy (non-hydrogen) atoms. The minimum atomic E-state index is 0.187. The Morgan fingerprint density at radius 1 is 1.75 bits per heavy atom. The predicted molar refractivity (Wildman–Crippen MR) is 44.9 cm³/mol. The van der Waals surface area contributed by atoms with Crippen LogP contribution in [0, 0.1) is 0 Å². The quantitative estimate of drug-likeness (QED) is 0.652. The largest absolute Gasteiger partial charge is 0.300 e. The molecule has 3 nitrogen and oxygen atoms in total. The molecule has 0 atom stereocenters. The zero-order chi connectivity index (χ0) is 8.55. The first kappa shape index (κ1) is 7.53. The van der Waals surface area contributed by atoms with Crippen molar-refractivity contribution in [2.75, 3.05) is 0 Å². The Balaban J connectivity index is 2.20. The maximum absolute atomic E-state index is 10.8. The standard InChI is InChI=1S/C9H12N2O/c1-7(12)5-8-6-9-3-2-4-11(9)10-8/h6H,2-5H2,1H3. The number of rotatable bonds is 2. The van der Waals surface area contributed by atoms with Crippen LogP contribution in [0.3, 0.4) is 0 Å². The second-order valence-electron chi connectivity index (χ2n) is 3.33. The summed E-state index contributed by atoms with van der Waals surface area (Å²) >= 11 is 0. The van der Waals surface area contributed by atoms with Crippen molar-refractivity contribution in [3.63, 3.8) is 0 Å². The van der Waals surface area contributed by atoms with E-state index in [2.05, 4.69) is 11.2 Å². The normalized spacial score (nSPS) is 14.8. The van der Waals surface area contributed by atoms with Crippen molar-refractivity contribution in [1.82, 2.24) is 9.78 Å². The average molecular weight is 164 g/mol. The van der Waals surface area contributed by atoms with E-state index in [1.807, 2.05) is 4.68 Å². The molecule has 0 amide bonds. The van der Waals surface area contributed by atoms with Crippen LogP contribution in [-0.2, 0) is 24.2 Å². The molecule has 0 saturated heterocycles. The summed E-state index contributed by atoms with van der Waals surface area (Å²) in [5, 5.41) is 4.33. The van der Waals surface area contributed by atoms with Crippen molar-refractivity contribution in [2.24, 2.45) is 0 Å². The molecule has 0 aliphatic carbocycles. The Bertz CT molecular complexity index is 293. The minimum absolute atomic E-state index is 0.187. The molecule has 1 aromatic rings. The second kappa shape index (κ2) is 2.73. The summed E-state index contributed by atoms with van der Waals surface area (Å²) < 4.78 is 2.01. The Kier molecular flexibility index (Phi) is 1.71. The van der Waals surface area contributed by atoms with Gasteiger partial charge in [0.15, 0.2) is 0 Å². The highest BCUT2D eigenvalue weighted by molar-refractivity contribution is 5.77. The van der Waals surface area contributed by atoms with Crippen LogP contribution < -0.4 is 0 Å². The number of fused-ring (bicyclic) bond motifs is 1. The van der Waals surface area contributed by atoms with E-state index < -0.39 is 0 Å². The van der Waals surface area contributed by atoms with Gasteiger partial charge in [0.25, 0.3) is 0 Å². The summed E-state index contributed by atoms with van der Waals surface area (Å²) in [5.74, 6) is 0.187. The van der Waals surface area contributed by atoms with Crippen LogP contribution in [0.1, 0.15) is 24.7 Å². The number of hydrogen-bond acceptors (Lipinski definition) is 2. The third kappa shape index (κ3) is 1.26. The topological polar surface area (TPSA) is 34.9 Å². The number of hydrogen-bond donors (Lipinski definition) is 0. The molecule has 0 aromatic carbocycles. The van der Waals surface area contributed by atoms with Gasteiger partial charge < -0.3 is 0 Å². The van der Waals surface area contributed by atoms with Gasteiger partial charge in [-0.3, -0.25) is 9.48 Å². The summed E-state index contributed by atoms with van der Waals surface area (Å²) in [5.41, 5.74) is 2.21. The van der Waals surface area contributed by atoms with Gasteiger partial charge in [-0.1, -0.05) is 0 Å². The Morgan fingerprint density at radius 2 is 2.58 bits per heavy atom. The van der Waals surface area contributed by atoms with Crippen molar-refractivity contribution in [3.05, 3.63) is 17.5 Å². The van der Waals surface area contributed by atoms with Crippen LogP contribution in [-0.4, -0.2) is 15.6 Å². The SMILES string of the molecule is CC(=O)Cc1cc2n(n1)CCC2. The number of aryl methyl sites for hydroxylation is 2. The fraction of sp³-hybridized carbons (Fsp3) is 0.556. The molecule has 1 aliphatic heterocycles. The molecular weight excluding hydrogens is 152 g/mol. The van der Waals surface area contributed by atoms with Crippen molar-refractivity contribution >= 4 is 5.78 Å². The highest BCUT2D eigenvalue weighted by Gasteiger charge is 2.13. The van der Waals surface area contributed by atoms with E-state index in [9.17, 15) is 4.79 Å². The Labute approximate surface area is 71.4 Å². The van der Waals surface area contributed by atoms with Gasteiger partial charge >= 0.3 is 0 Å². The van der Waals surface area contributed by atoms with Gasteiger partial charge in [-0.15, -0.1) is 0 Å². The number of nitrogens with zero attached hydrogens (tertiary/aromatic N) is 2. The summed E-state index contributed by atoms with van der Waals surface area (Å²) in [7, 11) is 0. The Morgan fingerprint density at radius 3 is 3.25 bits per heavy atom. The van der Waals surface area contributed by atoms with E-state index in [-0.39, 0.29) is 5.78 Å². The summed E-state index contributed by atoms with van der Waals surface area (Å²) in [6.45, 7) is 2.62. The van der Waals surface area contributed by atoms with E-state index >= 15 is 0 Å². The molecule has 1 aromatic heterocycles. The van der Waals surface area contributed by atoms with Crippen molar-refractivity contribution in [1.29, 1.82) is 0 Å². The maximum Gasteiger partial charge on any atom is 0.135 e. The molecule has 0 unspecified atom stereocenters. The molecule has 2 rings (SSSR count). The number of carbonyl (C=O) groups is 1. The van der Waals surface area contributed by atoms with Crippen LogP contribution in [0.25, 0.3) is 0 Å². The van der Waals surface area contributed by atoms with E-state index in [1.165, 1.54) is 12.1 Å². The third-order valence-electron chi connectivity index (χ3n) is 2.15. The first-order chi connectivity index (χ1) is 5.75. The fourth-order valence-electron chi connectivity index (χ4n) is 1.66. The molecule has 0 bridgehead atoms. The lowest BCUT2D eigenvalue weighted by Gasteiger charge is -1.91. The molecule has 3 heteroatoms. The smallest absolute Gasteiger partial charge is 0.135 e. The number of carbonyl (C=O) groups excluding carboxylic acids is 1. The molecule has 0 spiro atoms. The van der Waals surface area contributed by atoms with Gasteiger partial charge in [0.2, 0.25) is 0 Å². The van der Waals surface area contributed by atoms with Gasteiger partial charge in [-0.05, 0) is 25.8 Å². The lowest BCUT2D eigenvalue weighted by molar-refractivity contribution is -0.116. The van der Waals surface area contributed by atoms with Crippen LogP contribution in [0.5, 0.6) is 0 Å². The predicted octanol–water partition coefficient (Wildman–Crippen LogP) is 0.961. The summed E-state index contributed by atoms with van der Waals surface area (Å²) in [4.78, 5) is 10.8. The first-order valence-electron chi connectivity index (χ1n) is 4.31. The highest BCUT2D eigenvalue weighted by Crippen LogP contribution is 2.15. The molecule has 2 heterocycles. The molecular formula is C9H12N2O. The molecule has 0 fully saturated rings. The zero-order valence-electron chi connectivity index (χ0n) is 7.21. The van der Waals surface area contributed by atoms with Gasteiger partial charge in [0.05, 0.1) is 12.1 Å². The van der Waals surface area contributed by atoms with Crippen LogP contribution in [0.4, 0.5) is 0 Å². The van der Waals surface area contributed by atoms with Gasteiger partial charge in [0.1, 0.15) is 5.78 Å². The molecule has 0 saturated carbocycles. The van der Waals surface area contributed by atoms with Gasteiger partial charge in [-0.2, -0.15) is 5.10 Å². The second-order valence-corrected chi connectivity index (χ2v) is 3.33. The lowest BCUT2D eigenvalue weighted by Crippen LogP contribution is -2.00. The van der Waals surface area contributed by atoms with E-state index in [4.69, 9.17) is 0 Å². The zero-order valence-corrected chi connectivity index (χ0v) is 7.21. The number of Topliss-reactive ketones (excluding diaryl/α,β-unsaturated/α-hetero) is 1. The Hall–Kier alpha value is -1.12. The van der Waals surface area contributed by atoms with Crippen LogP contribution in [0.15, 0.2) is 6.07 Å². The molecule has 1 aliphatic rings. The van der Waals surface area contributed by atoms with E-state index in [1.54, 1.807) is 6.92 Å². The number of aromatic nitrogens is 2. The number of ketones is 1. The molecule has 64 valence electrons. The molecule has 0 N–H and O–H groups in total. The highest BCUT2D eigenvalue weighted by atomic mass is 16.1. The summed E-state index contributed by atoms with van der Waals surface area (Å²) in [6.07, 6.45) is 2.80. The van der Waals surface area contributed by atoms with Gasteiger partial charge in [0, 0.05) is 12.2 Å². The van der Waals surface area contributed by atoms with E-state index in [0.717, 1.165) is 18.7 Å².